The van der Waals surface area contributed by atoms with Gasteiger partial charge in [0.05, 0.1) is 11.3 Å². The van der Waals surface area contributed by atoms with Gasteiger partial charge in [-0.15, -0.1) is 0 Å². The molecule has 1 aromatic rings. The average Bonchev–Trinajstić information content (AvgIpc) is 2.58. The molecular formula is C17H26ClN3O3S. The summed E-state index contributed by atoms with van der Waals surface area (Å²) in [5.41, 5.74) is 0.922. The highest BCUT2D eigenvalue weighted by molar-refractivity contribution is 7.92. The van der Waals surface area contributed by atoms with Gasteiger partial charge < -0.3 is 15.4 Å². The van der Waals surface area contributed by atoms with Gasteiger partial charge in [0.25, 0.3) is 0 Å². The molecule has 0 saturated carbocycles. The lowest BCUT2D eigenvalue weighted by atomic mass is 9.99. The van der Waals surface area contributed by atoms with Crippen LogP contribution in [0, 0.1) is 0 Å². The molecule has 1 aromatic carbocycles. The molecule has 1 saturated heterocycles. The van der Waals surface area contributed by atoms with E-state index in [1.54, 1.807) is 0 Å². The van der Waals surface area contributed by atoms with Gasteiger partial charge in [-0.2, -0.15) is 0 Å². The minimum absolute atomic E-state index is 0.309. The van der Waals surface area contributed by atoms with Crippen LogP contribution in [-0.4, -0.2) is 51.7 Å². The summed E-state index contributed by atoms with van der Waals surface area (Å²) in [7, 11) is -3.22. The van der Waals surface area contributed by atoms with Crippen molar-refractivity contribution in [1.82, 2.24) is 10.6 Å². The minimum Gasteiger partial charge on any atom is -0.381 e. The summed E-state index contributed by atoms with van der Waals surface area (Å²) in [5.74, 6) is 0.580. The largest absolute Gasteiger partial charge is 0.381 e. The van der Waals surface area contributed by atoms with E-state index < -0.39 is 14.6 Å². The second-order valence-electron chi connectivity index (χ2n) is 6.21. The average molecular weight is 388 g/mol. The molecule has 25 heavy (non-hydrogen) atoms. The molecule has 140 valence electrons. The molecule has 2 rings (SSSR count). The Balaban J connectivity index is 2.10. The van der Waals surface area contributed by atoms with Gasteiger partial charge in [0.2, 0.25) is 0 Å². The van der Waals surface area contributed by atoms with Crippen molar-refractivity contribution in [2.75, 3.05) is 32.6 Å². The highest BCUT2D eigenvalue weighted by Crippen LogP contribution is 2.28. The lowest BCUT2D eigenvalue weighted by Crippen LogP contribution is -2.53. The maximum atomic E-state index is 12.3. The van der Waals surface area contributed by atoms with E-state index in [4.69, 9.17) is 16.3 Å². The predicted octanol–water partition coefficient (Wildman–Crippen LogP) is 1.99. The van der Waals surface area contributed by atoms with E-state index in [0.29, 0.717) is 56.7 Å². The van der Waals surface area contributed by atoms with Gasteiger partial charge >= 0.3 is 0 Å². The molecule has 0 aliphatic carbocycles. The normalized spacial score (nSPS) is 18.0. The van der Waals surface area contributed by atoms with Gasteiger partial charge in [0, 0.05) is 37.6 Å². The van der Waals surface area contributed by atoms with Crippen LogP contribution in [0.25, 0.3) is 0 Å². The Morgan fingerprint density at radius 3 is 2.56 bits per heavy atom. The fraction of sp³-hybridized carbons (Fsp3) is 0.588. The van der Waals surface area contributed by atoms with E-state index in [1.807, 2.05) is 31.2 Å². The Labute approximate surface area is 154 Å². The smallest absolute Gasteiger partial charge is 0.191 e. The van der Waals surface area contributed by atoms with E-state index in [9.17, 15) is 8.42 Å². The SMILES string of the molecule is CCNC(=NCc1ccccc1Cl)NCC1(S(C)(=O)=O)CCOCC1. The molecular weight excluding hydrogens is 362 g/mol. The number of nitrogens with one attached hydrogen (secondary N) is 2. The van der Waals surface area contributed by atoms with Crippen molar-refractivity contribution >= 4 is 27.4 Å². The zero-order chi connectivity index (χ0) is 18.3. The molecule has 1 aliphatic rings. The summed E-state index contributed by atoms with van der Waals surface area (Å²) in [6.07, 6.45) is 2.28. The van der Waals surface area contributed by atoms with Gasteiger partial charge in [-0.25, -0.2) is 13.4 Å². The Bertz CT molecular complexity index is 701. The number of rotatable bonds is 6. The molecule has 0 atom stereocenters. The highest BCUT2D eigenvalue weighted by atomic mass is 35.5. The van der Waals surface area contributed by atoms with Crippen molar-refractivity contribution in [1.29, 1.82) is 0 Å². The molecule has 8 heteroatoms. The molecule has 1 aliphatic heterocycles. The number of benzene rings is 1. The third kappa shape index (κ3) is 5.33. The fourth-order valence-electron chi connectivity index (χ4n) is 2.80. The number of halogens is 1. The Hall–Kier alpha value is -1.31. The van der Waals surface area contributed by atoms with Crippen LogP contribution in [0.5, 0.6) is 0 Å². The Kier molecular flexibility index (Phi) is 7.10. The summed E-state index contributed by atoms with van der Waals surface area (Å²) in [6, 6.07) is 7.54. The van der Waals surface area contributed by atoms with Crippen LogP contribution in [-0.2, 0) is 21.1 Å². The molecule has 0 unspecified atom stereocenters. The molecule has 1 heterocycles. The van der Waals surface area contributed by atoms with E-state index >= 15 is 0 Å². The van der Waals surface area contributed by atoms with Gasteiger partial charge in [0.15, 0.2) is 15.8 Å². The number of ether oxygens (including phenoxy) is 1. The van der Waals surface area contributed by atoms with Crippen molar-refractivity contribution in [3.8, 4) is 0 Å². The molecule has 0 aromatic heterocycles. The third-order valence-corrected chi connectivity index (χ3v) is 6.97. The molecule has 0 radical (unpaired) electrons. The van der Waals surface area contributed by atoms with Crippen molar-refractivity contribution in [3.05, 3.63) is 34.9 Å². The van der Waals surface area contributed by atoms with E-state index in [-0.39, 0.29) is 0 Å². The quantitative estimate of drug-likeness (QED) is 0.576. The predicted molar refractivity (Wildman–Crippen MR) is 102 cm³/mol. The second kappa shape index (κ2) is 8.87. The zero-order valence-corrected chi connectivity index (χ0v) is 16.3. The maximum Gasteiger partial charge on any atom is 0.191 e. The summed E-state index contributed by atoms with van der Waals surface area (Å²) in [5, 5.41) is 7.00. The topological polar surface area (TPSA) is 79.8 Å². The Morgan fingerprint density at radius 1 is 1.28 bits per heavy atom. The van der Waals surface area contributed by atoms with Crippen molar-refractivity contribution in [2.24, 2.45) is 4.99 Å². The first-order valence-electron chi connectivity index (χ1n) is 8.41. The number of aliphatic imine (C=N–C) groups is 1. The van der Waals surface area contributed by atoms with Crippen LogP contribution >= 0.6 is 11.6 Å². The monoisotopic (exact) mass is 387 g/mol. The molecule has 6 nitrogen and oxygen atoms in total. The molecule has 0 amide bonds. The van der Waals surface area contributed by atoms with E-state index in [1.165, 1.54) is 6.26 Å². The maximum absolute atomic E-state index is 12.3. The second-order valence-corrected chi connectivity index (χ2v) is 9.03. The Morgan fingerprint density at radius 2 is 1.96 bits per heavy atom. The van der Waals surface area contributed by atoms with Gasteiger partial charge in [-0.1, -0.05) is 29.8 Å². The third-order valence-electron chi connectivity index (χ3n) is 4.48. The first-order valence-corrected chi connectivity index (χ1v) is 10.7. The van der Waals surface area contributed by atoms with Crippen LogP contribution < -0.4 is 10.6 Å². The number of hydrogen-bond donors (Lipinski definition) is 2. The first kappa shape index (κ1) is 20.0. The number of nitrogens with zero attached hydrogens (tertiary/aromatic N) is 1. The molecule has 0 spiro atoms. The summed E-state index contributed by atoms with van der Waals surface area (Å²) < 4.78 is 29.2. The lowest BCUT2D eigenvalue weighted by molar-refractivity contribution is 0.0756. The molecule has 2 N–H and O–H groups in total. The summed E-state index contributed by atoms with van der Waals surface area (Å²) in [4.78, 5) is 4.53. The summed E-state index contributed by atoms with van der Waals surface area (Å²) >= 11 is 6.16. The van der Waals surface area contributed by atoms with Crippen LogP contribution in [0.4, 0.5) is 0 Å². The summed E-state index contributed by atoms with van der Waals surface area (Å²) in [6.45, 7) is 4.30. The van der Waals surface area contributed by atoms with Crippen molar-refractivity contribution in [3.63, 3.8) is 0 Å². The van der Waals surface area contributed by atoms with Crippen molar-refractivity contribution in [2.45, 2.75) is 31.1 Å². The zero-order valence-electron chi connectivity index (χ0n) is 14.7. The minimum atomic E-state index is -3.22. The molecule has 0 bridgehead atoms. The molecule has 1 fully saturated rings. The number of guanidine groups is 1. The van der Waals surface area contributed by atoms with Crippen LogP contribution in [0.2, 0.25) is 5.02 Å². The van der Waals surface area contributed by atoms with Gasteiger partial charge in [-0.05, 0) is 31.4 Å². The van der Waals surface area contributed by atoms with Crippen LogP contribution in [0.3, 0.4) is 0 Å². The first-order chi connectivity index (χ1) is 11.9. The lowest BCUT2D eigenvalue weighted by Gasteiger charge is -2.35. The standard InChI is InChI=1S/C17H26ClN3O3S/c1-3-19-16(20-12-14-6-4-5-7-15(14)18)21-13-17(25(2,22)23)8-10-24-11-9-17/h4-7H,3,8-13H2,1-2H3,(H2,19,20,21). The van der Waals surface area contributed by atoms with Crippen molar-refractivity contribution < 1.29 is 13.2 Å². The van der Waals surface area contributed by atoms with Gasteiger partial charge in [0.1, 0.15) is 0 Å². The van der Waals surface area contributed by atoms with Gasteiger partial charge in [-0.3, -0.25) is 0 Å². The van der Waals surface area contributed by atoms with Crippen LogP contribution in [0.15, 0.2) is 29.3 Å². The van der Waals surface area contributed by atoms with Crippen LogP contribution in [0.1, 0.15) is 25.3 Å². The highest BCUT2D eigenvalue weighted by Gasteiger charge is 2.42. The fourth-order valence-corrected chi connectivity index (χ4v) is 4.24. The van der Waals surface area contributed by atoms with E-state index in [0.717, 1.165) is 5.56 Å². The number of sulfone groups is 1. The number of hydrogen-bond acceptors (Lipinski definition) is 4. The van der Waals surface area contributed by atoms with E-state index in [2.05, 4.69) is 15.6 Å².